The molecule has 4 nitrogen and oxygen atoms in total. The monoisotopic (exact) mass is 209 g/mol. The Labute approximate surface area is 89.0 Å². The van der Waals surface area contributed by atoms with Gasteiger partial charge in [-0.15, -0.1) is 0 Å². The second-order valence-electron chi connectivity index (χ2n) is 2.84. The molecule has 0 saturated carbocycles. The van der Waals surface area contributed by atoms with E-state index in [0.29, 0.717) is 11.1 Å². The van der Waals surface area contributed by atoms with Crippen LogP contribution in [0.5, 0.6) is 0 Å². The third-order valence-corrected chi connectivity index (χ3v) is 1.83. The number of aldehydes is 2. The molecule has 0 heterocycles. The highest BCUT2D eigenvalue weighted by Crippen LogP contribution is 2.07. The Morgan fingerprint density at radius 2 is 1.93 bits per heavy atom. The molecule has 1 amide bonds. The maximum absolute atomic E-state index is 10.7. The van der Waals surface area contributed by atoms with Crippen LogP contribution in [0.4, 0.5) is 0 Å². The zero-order valence-corrected chi connectivity index (χ0v) is 8.95. The van der Waals surface area contributed by atoms with E-state index in [1.165, 1.54) is 0 Å². The van der Waals surface area contributed by atoms with Gasteiger partial charge in [-0.05, 0) is 18.9 Å². The topological polar surface area (TPSA) is 63.2 Å². The van der Waals surface area contributed by atoms with Crippen LogP contribution in [0, 0.1) is 0 Å². The second-order valence-corrected chi connectivity index (χ2v) is 2.84. The van der Waals surface area contributed by atoms with Gasteiger partial charge in [-0.25, -0.2) is 0 Å². The normalized spacial score (nSPS) is 12.1. The Hall–Kier alpha value is -1.71. The summed E-state index contributed by atoms with van der Waals surface area (Å²) in [5.41, 5.74) is 1.26. The summed E-state index contributed by atoms with van der Waals surface area (Å²) in [6.45, 7) is 3.88. The van der Waals surface area contributed by atoms with Crippen LogP contribution in [0.3, 0.4) is 0 Å². The predicted molar refractivity (Wildman–Crippen MR) is 57.3 cm³/mol. The van der Waals surface area contributed by atoms with Crippen LogP contribution < -0.4 is 5.32 Å². The van der Waals surface area contributed by atoms with Gasteiger partial charge in [-0.2, -0.15) is 0 Å². The van der Waals surface area contributed by atoms with Crippen molar-refractivity contribution in [1.82, 2.24) is 5.32 Å². The third-order valence-electron chi connectivity index (χ3n) is 1.83. The van der Waals surface area contributed by atoms with Crippen molar-refractivity contribution in [3.05, 3.63) is 23.3 Å². The highest BCUT2D eigenvalue weighted by atomic mass is 16.2. The minimum atomic E-state index is -0.684. The summed E-state index contributed by atoms with van der Waals surface area (Å²) in [5.74, 6) is -0.684. The van der Waals surface area contributed by atoms with Crippen molar-refractivity contribution in [2.75, 3.05) is 6.54 Å². The van der Waals surface area contributed by atoms with Gasteiger partial charge in [-0.1, -0.05) is 19.1 Å². The van der Waals surface area contributed by atoms with Gasteiger partial charge in [0.1, 0.15) is 6.29 Å². The molecule has 4 heteroatoms. The lowest BCUT2D eigenvalue weighted by Crippen LogP contribution is -2.26. The summed E-state index contributed by atoms with van der Waals surface area (Å²) in [5, 5.41) is 2.38. The number of hydrogen-bond donors (Lipinski definition) is 1. The maximum atomic E-state index is 10.7. The minimum Gasteiger partial charge on any atom is -0.346 e. The van der Waals surface area contributed by atoms with E-state index in [2.05, 4.69) is 5.32 Å². The molecule has 0 rings (SSSR count). The molecule has 1 N–H and O–H groups in total. The van der Waals surface area contributed by atoms with Gasteiger partial charge >= 0.3 is 0 Å². The van der Waals surface area contributed by atoms with Crippen LogP contribution in [-0.2, 0) is 14.4 Å². The van der Waals surface area contributed by atoms with Gasteiger partial charge in [0.2, 0.25) is 6.29 Å². The number of nitrogens with one attached hydrogen (secondary N) is 1. The SMILES string of the molecule is C/C=C(CNC(=O)C=O)\C(C=O)=C/CC. The van der Waals surface area contributed by atoms with Crippen LogP contribution in [0.25, 0.3) is 0 Å². The van der Waals surface area contributed by atoms with E-state index < -0.39 is 5.91 Å². The molecular weight excluding hydrogens is 194 g/mol. The predicted octanol–water partition coefficient (Wildman–Crippen LogP) is 0.783. The van der Waals surface area contributed by atoms with Gasteiger partial charge in [0, 0.05) is 12.1 Å². The van der Waals surface area contributed by atoms with Gasteiger partial charge < -0.3 is 5.32 Å². The Balaban J connectivity index is 4.50. The van der Waals surface area contributed by atoms with Crippen LogP contribution in [-0.4, -0.2) is 25.0 Å². The van der Waals surface area contributed by atoms with E-state index >= 15 is 0 Å². The van der Waals surface area contributed by atoms with Crippen molar-refractivity contribution in [2.45, 2.75) is 20.3 Å². The van der Waals surface area contributed by atoms with Gasteiger partial charge in [0.05, 0.1) is 0 Å². The number of carbonyl (C=O) groups is 3. The Morgan fingerprint density at radius 3 is 2.33 bits per heavy atom. The summed E-state index contributed by atoms with van der Waals surface area (Å²) in [6.07, 6.45) is 5.20. The molecular formula is C11H15NO3. The molecule has 0 fully saturated rings. The Kier molecular flexibility index (Phi) is 6.80. The summed E-state index contributed by atoms with van der Waals surface area (Å²) in [6, 6.07) is 0. The number of carbonyl (C=O) groups excluding carboxylic acids is 3. The van der Waals surface area contributed by atoms with E-state index in [1.807, 2.05) is 6.92 Å². The fourth-order valence-electron chi connectivity index (χ4n) is 1.07. The smallest absolute Gasteiger partial charge is 0.284 e. The van der Waals surface area contributed by atoms with Crippen LogP contribution >= 0.6 is 0 Å². The molecule has 0 saturated heterocycles. The maximum Gasteiger partial charge on any atom is 0.284 e. The van der Waals surface area contributed by atoms with E-state index in [0.717, 1.165) is 12.7 Å². The first-order chi connectivity index (χ1) is 7.19. The number of allylic oxidation sites excluding steroid dienone is 2. The summed E-state index contributed by atoms with van der Waals surface area (Å²) in [4.78, 5) is 31.5. The Bertz CT molecular complexity index is 303. The fourth-order valence-corrected chi connectivity index (χ4v) is 1.07. The molecule has 0 spiro atoms. The number of amides is 1. The average Bonchev–Trinajstić information content (AvgIpc) is 2.27. The van der Waals surface area contributed by atoms with Crippen molar-refractivity contribution >= 4 is 18.5 Å². The molecule has 0 bridgehead atoms. The lowest BCUT2D eigenvalue weighted by Gasteiger charge is -2.06. The van der Waals surface area contributed by atoms with Crippen molar-refractivity contribution in [1.29, 1.82) is 0 Å². The van der Waals surface area contributed by atoms with Crippen LogP contribution in [0.15, 0.2) is 23.3 Å². The molecule has 0 aromatic rings. The molecule has 0 unspecified atom stereocenters. The Morgan fingerprint density at radius 1 is 1.27 bits per heavy atom. The molecule has 0 aromatic heterocycles. The summed E-state index contributed by atoms with van der Waals surface area (Å²) in [7, 11) is 0. The summed E-state index contributed by atoms with van der Waals surface area (Å²) < 4.78 is 0. The third kappa shape index (κ3) is 4.90. The van der Waals surface area contributed by atoms with E-state index in [9.17, 15) is 14.4 Å². The molecule has 0 aliphatic heterocycles. The van der Waals surface area contributed by atoms with Gasteiger partial charge in [0.15, 0.2) is 0 Å². The van der Waals surface area contributed by atoms with Crippen LogP contribution in [0.2, 0.25) is 0 Å². The lowest BCUT2D eigenvalue weighted by atomic mass is 10.1. The van der Waals surface area contributed by atoms with E-state index in [-0.39, 0.29) is 12.8 Å². The van der Waals surface area contributed by atoms with Crippen molar-refractivity contribution < 1.29 is 14.4 Å². The molecule has 0 aliphatic rings. The second kappa shape index (κ2) is 7.67. The van der Waals surface area contributed by atoms with Gasteiger partial charge in [0.25, 0.3) is 5.91 Å². The average molecular weight is 209 g/mol. The molecule has 0 atom stereocenters. The first kappa shape index (κ1) is 13.3. The van der Waals surface area contributed by atoms with Crippen molar-refractivity contribution in [2.24, 2.45) is 0 Å². The van der Waals surface area contributed by atoms with E-state index in [4.69, 9.17) is 0 Å². The molecule has 82 valence electrons. The molecule has 0 radical (unpaired) electrons. The highest BCUT2D eigenvalue weighted by molar-refractivity contribution is 6.23. The van der Waals surface area contributed by atoms with Crippen LogP contribution in [0.1, 0.15) is 20.3 Å². The largest absolute Gasteiger partial charge is 0.346 e. The minimum absolute atomic E-state index is 0.193. The molecule has 15 heavy (non-hydrogen) atoms. The number of hydrogen-bond acceptors (Lipinski definition) is 3. The fraction of sp³-hybridized carbons (Fsp3) is 0.364. The van der Waals surface area contributed by atoms with Gasteiger partial charge in [-0.3, -0.25) is 14.4 Å². The lowest BCUT2D eigenvalue weighted by molar-refractivity contribution is -0.131. The first-order valence-corrected chi connectivity index (χ1v) is 4.73. The highest BCUT2D eigenvalue weighted by Gasteiger charge is 2.04. The molecule has 0 aliphatic carbocycles. The quantitative estimate of drug-likeness (QED) is 0.304. The number of rotatable bonds is 6. The standard InChI is InChI=1S/C11H15NO3/c1-3-5-10(7-13)9(4-2)6-12-11(15)8-14/h4-5,7-8H,3,6H2,1-2H3,(H,12,15)/b9-4-,10-5-. The van der Waals surface area contributed by atoms with E-state index in [1.54, 1.807) is 19.1 Å². The first-order valence-electron chi connectivity index (χ1n) is 4.73. The summed E-state index contributed by atoms with van der Waals surface area (Å²) >= 11 is 0. The van der Waals surface area contributed by atoms with Crippen molar-refractivity contribution in [3.8, 4) is 0 Å². The zero-order valence-electron chi connectivity index (χ0n) is 8.95. The zero-order chi connectivity index (χ0) is 11.7. The molecule has 0 aromatic carbocycles. The van der Waals surface area contributed by atoms with Crippen molar-refractivity contribution in [3.63, 3.8) is 0 Å².